The molecule has 0 radical (unpaired) electrons. The zero-order valence-corrected chi connectivity index (χ0v) is 23.8. The number of Topliss-reactive ketones (excluding diaryl/α,β-unsaturated/α-hetero) is 1. The lowest BCUT2D eigenvalue weighted by Gasteiger charge is -2.19. The molecule has 0 rings (SSSR count). The van der Waals surface area contributed by atoms with Gasteiger partial charge in [0.05, 0.1) is 13.2 Å². The minimum absolute atomic E-state index is 0.0192. The van der Waals surface area contributed by atoms with Crippen molar-refractivity contribution < 1.29 is 23.3 Å². The molecule has 7 heteroatoms. The minimum atomic E-state index is -4.07. The van der Waals surface area contributed by atoms with Gasteiger partial charge in [0.25, 0.3) is 0 Å². The number of nitrogens with zero attached hydrogens (tertiary/aromatic N) is 1. The highest BCUT2D eigenvalue weighted by molar-refractivity contribution is 7.47. The molecule has 2 atom stereocenters. The fraction of sp³-hybridized carbons (Fsp3) is 0.963. The van der Waals surface area contributed by atoms with E-state index in [0.29, 0.717) is 19.4 Å². The summed E-state index contributed by atoms with van der Waals surface area (Å²) in [6, 6.07) is 0. The van der Waals surface area contributed by atoms with Gasteiger partial charge in [0, 0.05) is 19.4 Å². The second kappa shape index (κ2) is 23.2. The van der Waals surface area contributed by atoms with Crippen LogP contribution in [0.25, 0.3) is 0 Å². The maximum absolute atomic E-state index is 12.1. The van der Waals surface area contributed by atoms with Gasteiger partial charge in [0.1, 0.15) is 5.78 Å². The van der Waals surface area contributed by atoms with Crippen LogP contribution in [-0.2, 0) is 18.4 Å². The van der Waals surface area contributed by atoms with E-state index in [2.05, 4.69) is 6.92 Å². The number of carbonyl (C=O) groups is 1. The Hall–Kier alpha value is -0.260. The van der Waals surface area contributed by atoms with Crippen molar-refractivity contribution in [2.75, 3.05) is 33.9 Å². The van der Waals surface area contributed by atoms with E-state index in [-0.39, 0.29) is 24.9 Å². The average molecular weight is 506 g/mol. The number of ketones is 1. The van der Waals surface area contributed by atoms with Crippen LogP contribution in [0.2, 0.25) is 0 Å². The Labute approximate surface area is 211 Å². The van der Waals surface area contributed by atoms with Crippen LogP contribution in [-0.4, -0.2) is 49.4 Å². The van der Waals surface area contributed by atoms with Gasteiger partial charge < -0.3 is 9.79 Å². The van der Waals surface area contributed by atoms with Crippen molar-refractivity contribution in [1.29, 1.82) is 0 Å². The van der Waals surface area contributed by atoms with Crippen molar-refractivity contribution in [1.82, 2.24) is 4.90 Å². The van der Waals surface area contributed by atoms with Crippen LogP contribution < -0.4 is 0 Å². The number of unbranched alkanes of at least 4 members (excludes halogenated alkanes) is 13. The van der Waals surface area contributed by atoms with Crippen LogP contribution >= 0.6 is 7.82 Å². The third-order valence-corrected chi connectivity index (χ3v) is 7.26. The second-order valence-electron chi connectivity index (χ2n) is 10.1. The molecule has 0 saturated carbocycles. The molecule has 0 bridgehead atoms. The zero-order valence-electron chi connectivity index (χ0n) is 22.9. The summed E-state index contributed by atoms with van der Waals surface area (Å²) in [5.74, 6) is 0.192. The molecule has 0 aliphatic carbocycles. The maximum Gasteiger partial charge on any atom is 0.472 e. The van der Waals surface area contributed by atoms with Gasteiger partial charge in [-0.3, -0.25) is 13.8 Å². The molecule has 0 spiro atoms. The van der Waals surface area contributed by atoms with E-state index in [4.69, 9.17) is 9.05 Å². The number of hydrogen-bond acceptors (Lipinski definition) is 5. The van der Waals surface area contributed by atoms with Crippen LogP contribution in [0.15, 0.2) is 0 Å². The molecule has 0 fully saturated rings. The third-order valence-electron chi connectivity index (χ3n) is 6.28. The third kappa shape index (κ3) is 23.5. The van der Waals surface area contributed by atoms with E-state index in [0.717, 1.165) is 25.7 Å². The molecular weight excluding hydrogens is 449 g/mol. The van der Waals surface area contributed by atoms with Gasteiger partial charge in [-0.15, -0.1) is 0 Å². The molecule has 0 aromatic carbocycles. The van der Waals surface area contributed by atoms with Crippen molar-refractivity contribution >= 4 is 13.6 Å². The zero-order chi connectivity index (χ0) is 25.5. The van der Waals surface area contributed by atoms with Crippen molar-refractivity contribution in [3.63, 3.8) is 0 Å². The first-order chi connectivity index (χ1) is 16.3. The van der Waals surface area contributed by atoms with Crippen molar-refractivity contribution in [2.45, 2.75) is 129 Å². The average Bonchev–Trinajstić information content (AvgIpc) is 2.77. The summed E-state index contributed by atoms with van der Waals surface area (Å²) in [5.41, 5.74) is 0. The number of carbonyl (C=O) groups excluding carboxylic acids is 1. The fourth-order valence-electron chi connectivity index (χ4n) is 4.15. The molecule has 2 unspecified atom stereocenters. The summed E-state index contributed by atoms with van der Waals surface area (Å²) < 4.78 is 22.4. The number of phosphoric ester groups is 1. The van der Waals surface area contributed by atoms with Crippen LogP contribution in [0.3, 0.4) is 0 Å². The van der Waals surface area contributed by atoms with E-state index in [9.17, 15) is 14.3 Å². The Bertz CT molecular complexity index is 515. The molecule has 204 valence electrons. The second-order valence-corrected chi connectivity index (χ2v) is 11.6. The van der Waals surface area contributed by atoms with Gasteiger partial charge in [-0.2, -0.15) is 0 Å². The molecule has 0 aliphatic rings. The summed E-state index contributed by atoms with van der Waals surface area (Å²) in [6.45, 7) is 5.05. The monoisotopic (exact) mass is 505 g/mol. The normalized spacial score (nSPS) is 14.4. The fourth-order valence-corrected chi connectivity index (χ4v) is 4.94. The highest BCUT2D eigenvalue weighted by atomic mass is 31.2. The number of likely N-dealkylation sites (N-methyl/N-ethyl adjacent to an activating group) is 1. The summed E-state index contributed by atoms with van der Waals surface area (Å²) in [6.07, 6.45) is 21.1. The number of phosphoric acid groups is 1. The molecule has 0 amide bonds. The van der Waals surface area contributed by atoms with Gasteiger partial charge in [-0.1, -0.05) is 104 Å². The Balaban J connectivity index is 3.98. The minimum Gasteiger partial charge on any atom is -0.307 e. The van der Waals surface area contributed by atoms with Gasteiger partial charge in [-0.25, -0.2) is 4.57 Å². The van der Waals surface area contributed by atoms with E-state index < -0.39 is 7.82 Å². The smallest absolute Gasteiger partial charge is 0.307 e. The van der Waals surface area contributed by atoms with Crippen molar-refractivity contribution in [3.8, 4) is 0 Å². The molecular formula is C27H56NO5P. The standard InChI is InChI=1S/C27H56NO5P/c1-5-7-8-9-10-11-12-13-14-15-16-17-18-19-21-26(24-27(29)20-6-2)25-33-34(30,31)32-23-22-28(3)4/h26H,5-25H2,1-4H3,(H,30,31). The Morgan fingerprint density at radius 1 is 0.794 bits per heavy atom. The van der Waals surface area contributed by atoms with Crippen molar-refractivity contribution in [3.05, 3.63) is 0 Å². The highest BCUT2D eigenvalue weighted by Gasteiger charge is 2.24. The molecule has 6 nitrogen and oxygen atoms in total. The van der Waals surface area contributed by atoms with E-state index in [1.165, 1.54) is 77.0 Å². The SMILES string of the molecule is CCCCCCCCCCCCCCCCC(COP(=O)(O)OCCN(C)C)CC(=O)CCC. The number of hydrogen-bond donors (Lipinski definition) is 1. The summed E-state index contributed by atoms with van der Waals surface area (Å²) >= 11 is 0. The molecule has 0 aromatic heterocycles. The molecule has 0 aliphatic heterocycles. The summed E-state index contributed by atoms with van der Waals surface area (Å²) in [7, 11) is -0.326. The van der Waals surface area contributed by atoms with E-state index in [1.807, 2.05) is 25.9 Å². The maximum atomic E-state index is 12.1. The predicted octanol–water partition coefficient (Wildman–Crippen LogP) is 7.93. The van der Waals surface area contributed by atoms with Gasteiger partial charge in [0.2, 0.25) is 0 Å². The van der Waals surface area contributed by atoms with Gasteiger partial charge in [0.15, 0.2) is 0 Å². The van der Waals surface area contributed by atoms with Crippen molar-refractivity contribution in [2.24, 2.45) is 5.92 Å². The molecule has 34 heavy (non-hydrogen) atoms. The molecule has 0 saturated heterocycles. The Kier molecular flexibility index (Phi) is 23.0. The first-order valence-corrected chi connectivity index (χ1v) is 15.6. The Morgan fingerprint density at radius 3 is 1.76 bits per heavy atom. The number of rotatable bonds is 26. The van der Waals surface area contributed by atoms with E-state index >= 15 is 0 Å². The van der Waals surface area contributed by atoms with Crippen LogP contribution in [0.5, 0.6) is 0 Å². The molecule has 1 N–H and O–H groups in total. The van der Waals surface area contributed by atoms with Crippen LogP contribution in [0.4, 0.5) is 0 Å². The topological polar surface area (TPSA) is 76.1 Å². The predicted molar refractivity (Wildman–Crippen MR) is 143 cm³/mol. The first kappa shape index (κ1) is 33.7. The van der Waals surface area contributed by atoms with Gasteiger partial charge >= 0.3 is 7.82 Å². The summed E-state index contributed by atoms with van der Waals surface area (Å²) in [4.78, 5) is 23.9. The van der Waals surface area contributed by atoms with Crippen LogP contribution in [0, 0.1) is 5.92 Å². The first-order valence-electron chi connectivity index (χ1n) is 14.1. The molecule has 0 heterocycles. The lowest BCUT2D eigenvalue weighted by molar-refractivity contribution is -0.120. The van der Waals surface area contributed by atoms with Crippen LogP contribution in [0.1, 0.15) is 129 Å². The Morgan fingerprint density at radius 2 is 1.29 bits per heavy atom. The summed E-state index contributed by atoms with van der Waals surface area (Å²) in [5, 5.41) is 0. The molecule has 0 aromatic rings. The lowest BCUT2D eigenvalue weighted by atomic mass is 9.94. The highest BCUT2D eigenvalue weighted by Crippen LogP contribution is 2.43. The quantitative estimate of drug-likeness (QED) is 0.0950. The largest absolute Gasteiger partial charge is 0.472 e. The lowest BCUT2D eigenvalue weighted by Crippen LogP contribution is -2.18. The van der Waals surface area contributed by atoms with Gasteiger partial charge in [-0.05, 0) is 32.9 Å². The van der Waals surface area contributed by atoms with E-state index in [1.54, 1.807) is 0 Å².